The first-order valence-corrected chi connectivity index (χ1v) is 14.6. The summed E-state index contributed by atoms with van der Waals surface area (Å²) in [5.74, 6) is 0.245. The molecule has 0 unspecified atom stereocenters. The van der Waals surface area contributed by atoms with Gasteiger partial charge < -0.3 is 15.0 Å². The van der Waals surface area contributed by atoms with Crippen LogP contribution in [0.2, 0.25) is 0 Å². The third-order valence-corrected chi connectivity index (χ3v) is 7.32. The first kappa shape index (κ1) is 30.2. The Hall–Kier alpha value is -3.07. The first-order chi connectivity index (χ1) is 17.5. The topological polar surface area (TPSA) is 96.0 Å². The van der Waals surface area contributed by atoms with E-state index in [9.17, 15) is 18.0 Å². The molecule has 8 nitrogen and oxygen atoms in total. The van der Waals surface area contributed by atoms with E-state index >= 15 is 0 Å². The first-order valence-electron chi connectivity index (χ1n) is 12.7. The Bertz CT molecular complexity index is 1150. The van der Waals surface area contributed by atoms with E-state index < -0.39 is 16.1 Å². The highest BCUT2D eigenvalue weighted by Crippen LogP contribution is 2.22. The van der Waals surface area contributed by atoms with Crippen LogP contribution in [0.25, 0.3) is 0 Å². The summed E-state index contributed by atoms with van der Waals surface area (Å²) in [5, 5.41) is 2.91. The number of ether oxygens (including phenoxy) is 1. The summed E-state index contributed by atoms with van der Waals surface area (Å²) in [7, 11) is -1.96. The van der Waals surface area contributed by atoms with E-state index in [1.807, 2.05) is 63.2 Å². The van der Waals surface area contributed by atoms with Crippen LogP contribution in [-0.2, 0) is 26.2 Å². The molecule has 0 saturated carbocycles. The molecule has 0 radical (unpaired) electrons. The molecule has 204 valence electrons. The summed E-state index contributed by atoms with van der Waals surface area (Å²) in [4.78, 5) is 27.8. The van der Waals surface area contributed by atoms with Crippen molar-refractivity contribution in [1.82, 2.24) is 10.2 Å². The van der Waals surface area contributed by atoms with Crippen LogP contribution in [0.3, 0.4) is 0 Å². The molecule has 9 heteroatoms. The van der Waals surface area contributed by atoms with Crippen molar-refractivity contribution in [3.8, 4) is 5.75 Å². The third-order valence-electron chi connectivity index (χ3n) is 6.13. The fourth-order valence-electron chi connectivity index (χ4n) is 4.18. The number of carbonyl (C=O) groups is 2. The minimum atomic E-state index is -3.54. The summed E-state index contributed by atoms with van der Waals surface area (Å²) >= 11 is 0. The molecule has 2 aromatic carbocycles. The number of anilines is 1. The van der Waals surface area contributed by atoms with Gasteiger partial charge in [0.15, 0.2) is 0 Å². The summed E-state index contributed by atoms with van der Waals surface area (Å²) < 4.78 is 31.8. The molecule has 0 bridgehead atoms. The lowest BCUT2D eigenvalue weighted by molar-refractivity contribution is -0.140. The van der Waals surface area contributed by atoms with Crippen molar-refractivity contribution < 1.29 is 22.7 Å². The number of aryl methyl sites for hydroxylation is 2. The summed E-state index contributed by atoms with van der Waals surface area (Å²) in [6, 6.07) is 12.3. The average Bonchev–Trinajstić information content (AvgIpc) is 2.83. The maximum atomic E-state index is 13.4. The van der Waals surface area contributed by atoms with Crippen LogP contribution in [0.1, 0.15) is 56.2 Å². The van der Waals surface area contributed by atoms with Crippen molar-refractivity contribution in [3.05, 3.63) is 59.2 Å². The average molecular weight is 532 g/mol. The standard InChI is InChI=1S/C28H41N3O5S/c1-7-8-14-29-28(33)23(4)30(20-24-11-9-12-26(19-24)36-5)27(32)13-10-15-31(37(6,34)35)25-17-21(2)16-22(3)18-25/h9,11-12,16-19,23H,7-8,10,13-15,20H2,1-6H3,(H,29,33)/t23-/m1/s1. The molecule has 1 atom stereocenters. The monoisotopic (exact) mass is 531 g/mol. The molecule has 0 aliphatic carbocycles. The number of amides is 2. The van der Waals surface area contributed by atoms with Gasteiger partial charge in [-0.05, 0) is 74.6 Å². The van der Waals surface area contributed by atoms with E-state index in [-0.39, 0.29) is 31.3 Å². The number of carbonyl (C=O) groups excluding carboxylic acids is 2. The highest BCUT2D eigenvalue weighted by atomic mass is 32.2. The van der Waals surface area contributed by atoms with Gasteiger partial charge in [0.2, 0.25) is 21.8 Å². The Morgan fingerprint density at radius 2 is 1.73 bits per heavy atom. The number of sulfonamides is 1. The number of hydrogen-bond acceptors (Lipinski definition) is 5. The summed E-state index contributed by atoms with van der Waals surface area (Å²) in [5.41, 5.74) is 3.36. The fourth-order valence-corrected chi connectivity index (χ4v) is 5.13. The van der Waals surface area contributed by atoms with Gasteiger partial charge in [0, 0.05) is 26.1 Å². The Morgan fingerprint density at radius 3 is 2.32 bits per heavy atom. The molecular formula is C28H41N3O5S. The second-order valence-corrected chi connectivity index (χ2v) is 11.4. The van der Waals surface area contributed by atoms with E-state index in [4.69, 9.17) is 4.74 Å². The Labute approximate surface area is 222 Å². The van der Waals surface area contributed by atoms with Gasteiger partial charge in [-0.2, -0.15) is 0 Å². The fraction of sp³-hybridized carbons (Fsp3) is 0.500. The lowest BCUT2D eigenvalue weighted by Crippen LogP contribution is -2.48. The Kier molecular flexibility index (Phi) is 11.4. The van der Waals surface area contributed by atoms with Crippen molar-refractivity contribution in [1.29, 1.82) is 0 Å². The smallest absolute Gasteiger partial charge is 0.242 e. The highest BCUT2D eigenvalue weighted by Gasteiger charge is 2.26. The third kappa shape index (κ3) is 9.39. The van der Waals surface area contributed by atoms with Crippen molar-refractivity contribution in [2.45, 2.75) is 66.0 Å². The molecule has 37 heavy (non-hydrogen) atoms. The molecular weight excluding hydrogens is 490 g/mol. The quantitative estimate of drug-likeness (QED) is 0.369. The van der Waals surface area contributed by atoms with Gasteiger partial charge in [-0.3, -0.25) is 13.9 Å². The van der Waals surface area contributed by atoms with Crippen LogP contribution >= 0.6 is 0 Å². The zero-order valence-electron chi connectivity index (χ0n) is 22.9. The molecule has 0 heterocycles. The number of hydrogen-bond donors (Lipinski definition) is 1. The SMILES string of the molecule is CCCCNC(=O)[C@@H](C)N(Cc1cccc(OC)c1)C(=O)CCCN(c1cc(C)cc(C)c1)S(C)(=O)=O. The molecule has 0 aliphatic heterocycles. The summed E-state index contributed by atoms with van der Waals surface area (Å²) in [6.07, 6.45) is 3.41. The maximum Gasteiger partial charge on any atom is 0.242 e. The number of rotatable bonds is 14. The molecule has 0 aromatic heterocycles. The second-order valence-electron chi connectivity index (χ2n) is 9.48. The zero-order chi connectivity index (χ0) is 27.6. The maximum absolute atomic E-state index is 13.4. The lowest BCUT2D eigenvalue weighted by atomic mass is 10.1. The van der Waals surface area contributed by atoms with Crippen LogP contribution in [0.15, 0.2) is 42.5 Å². The van der Waals surface area contributed by atoms with E-state index in [0.29, 0.717) is 24.4 Å². The van der Waals surface area contributed by atoms with Crippen molar-refractivity contribution in [2.24, 2.45) is 0 Å². The van der Waals surface area contributed by atoms with Gasteiger partial charge in [0.05, 0.1) is 19.1 Å². The predicted octanol–water partition coefficient (Wildman–Crippen LogP) is 4.19. The molecule has 2 rings (SSSR count). The molecule has 1 N–H and O–H groups in total. The number of methoxy groups -OCH3 is 1. The van der Waals surface area contributed by atoms with Crippen molar-refractivity contribution in [2.75, 3.05) is 30.8 Å². The van der Waals surface area contributed by atoms with Crippen LogP contribution in [0.5, 0.6) is 5.75 Å². The van der Waals surface area contributed by atoms with Crippen molar-refractivity contribution >= 4 is 27.5 Å². The molecule has 2 aromatic rings. The Balaban J connectivity index is 2.19. The van der Waals surface area contributed by atoms with Gasteiger partial charge in [-0.15, -0.1) is 0 Å². The minimum absolute atomic E-state index is 0.105. The number of benzene rings is 2. The van der Waals surface area contributed by atoms with Crippen LogP contribution in [0.4, 0.5) is 5.69 Å². The lowest BCUT2D eigenvalue weighted by Gasteiger charge is -2.29. The zero-order valence-corrected chi connectivity index (χ0v) is 23.7. The van der Waals surface area contributed by atoms with E-state index in [0.717, 1.165) is 29.5 Å². The van der Waals surface area contributed by atoms with Gasteiger partial charge in [0.25, 0.3) is 0 Å². The van der Waals surface area contributed by atoms with Crippen molar-refractivity contribution in [3.63, 3.8) is 0 Å². The van der Waals surface area contributed by atoms with E-state index in [1.165, 1.54) is 10.6 Å². The van der Waals surface area contributed by atoms with Crippen LogP contribution in [0, 0.1) is 13.8 Å². The number of nitrogens with one attached hydrogen (secondary N) is 1. The predicted molar refractivity (Wildman–Crippen MR) is 148 cm³/mol. The van der Waals surface area contributed by atoms with Crippen LogP contribution in [-0.4, -0.2) is 57.6 Å². The van der Waals surface area contributed by atoms with Gasteiger partial charge in [-0.1, -0.05) is 31.5 Å². The minimum Gasteiger partial charge on any atom is -0.497 e. The largest absolute Gasteiger partial charge is 0.497 e. The molecule has 0 spiro atoms. The normalized spacial score (nSPS) is 12.1. The molecule has 2 amide bonds. The molecule has 0 fully saturated rings. The second kappa shape index (κ2) is 14.0. The van der Waals surface area contributed by atoms with Gasteiger partial charge >= 0.3 is 0 Å². The van der Waals surface area contributed by atoms with Crippen LogP contribution < -0.4 is 14.4 Å². The summed E-state index contributed by atoms with van der Waals surface area (Å²) in [6.45, 7) is 8.57. The Morgan fingerprint density at radius 1 is 1.05 bits per heavy atom. The van der Waals surface area contributed by atoms with E-state index in [1.54, 1.807) is 18.9 Å². The molecule has 0 saturated heterocycles. The number of nitrogens with zero attached hydrogens (tertiary/aromatic N) is 2. The van der Waals surface area contributed by atoms with Gasteiger partial charge in [0.1, 0.15) is 11.8 Å². The molecule has 0 aliphatic rings. The van der Waals surface area contributed by atoms with Gasteiger partial charge in [-0.25, -0.2) is 8.42 Å². The highest BCUT2D eigenvalue weighted by molar-refractivity contribution is 7.92. The van der Waals surface area contributed by atoms with E-state index in [2.05, 4.69) is 5.32 Å². The number of unbranched alkanes of at least 4 members (excludes halogenated alkanes) is 1.